The van der Waals surface area contributed by atoms with E-state index in [1.165, 1.54) is 4.80 Å². The van der Waals surface area contributed by atoms with Gasteiger partial charge in [0.15, 0.2) is 5.78 Å². The topological polar surface area (TPSA) is 135 Å². The smallest absolute Gasteiger partial charge is 0.313 e. The molecule has 12 nitrogen and oxygen atoms in total. The third-order valence-electron chi connectivity index (χ3n) is 8.50. The van der Waals surface area contributed by atoms with Crippen LogP contribution in [0.3, 0.4) is 0 Å². The number of carbonyl (C=O) groups excluding carboxylic acids is 3. The predicted molar refractivity (Wildman–Crippen MR) is 171 cm³/mol. The van der Waals surface area contributed by atoms with Gasteiger partial charge in [0.2, 0.25) is 12.6 Å². The van der Waals surface area contributed by atoms with Gasteiger partial charge in [-0.1, -0.05) is 30.3 Å². The molecule has 2 aliphatic rings. The van der Waals surface area contributed by atoms with Gasteiger partial charge in [0, 0.05) is 37.1 Å². The second kappa shape index (κ2) is 12.5. The monoisotopic (exact) mass is 639 g/mol. The van der Waals surface area contributed by atoms with Crippen molar-refractivity contribution in [2.75, 3.05) is 27.3 Å². The molecule has 4 aromatic rings. The zero-order chi connectivity index (χ0) is 33.3. The summed E-state index contributed by atoms with van der Waals surface area (Å²) in [4.78, 5) is 42.1. The van der Waals surface area contributed by atoms with Gasteiger partial charge in [-0.2, -0.15) is 0 Å². The quantitative estimate of drug-likeness (QED) is 0.248. The number of methoxy groups -OCH3 is 2. The first-order chi connectivity index (χ1) is 22.5. The number of carbonyl (C=O) groups is 3. The van der Waals surface area contributed by atoms with E-state index in [0.29, 0.717) is 65.7 Å². The summed E-state index contributed by atoms with van der Waals surface area (Å²) in [6, 6.07) is 18.5. The van der Waals surface area contributed by atoms with Gasteiger partial charge in [0.05, 0.1) is 37.2 Å². The first-order valence-electron chi connectivity index (χ1n) is 15.4. The van der Waals surface area contributed by atoms with Crippen molar-refractivity contribution >= 4 is 17.7 Å². The summed E-state index contributed by atoms with van der Waals surface area (Å²) in [6.45, 7) is 5.97. The standard InChI is InChI=1S/C35H37N5O7/c1-34(2,3)33(43)46-21-40-37-31(36-38-40)23-11-12-27-25(17-23)26(41)20-35(47-27)13-15-39(16-14-35)32(42)24-18-28(44-4)30(29(19-24)45-5)22-9-7-6-8-10-22/h6-12,17-19H,13-16,20-21H2,1-5H3. The molecule has 0 saturated carbocycles. The van der Waals surface area contributed by atoms with Gasteiger partial charge in [-0.05, 0) is 61.9 Å². The van der Waals surface area contributed by atoms with Gasteiger partial charge in [0.25, 0.3) is 5.91 Å². The predicted octanol–water partition coefficient (Wildman–Crippen LogP) is 5.21. The average Bonchev–Trinajstić information content (AvgIpc) is 3.55. The lowest BCUT2D eigenvalue weighted by molar-refractivity contribution is -0.157. The van der Waals surface area contributed by atoms with Crippen LogP contribution in [0.4, 0.5) is 0 Å². The largest absolute Gasteiger partial charge is 0.496 e. The van der Waals surface area contributed by atoms with Crippen molar-refractivity contribution in [1.29, 1.82) is 0 Å². The Bertz CT molecular complexity index is 1800. The number of amides is 1. The summed E-state index contributed by atoms with van der Waals surface area (Å²) in [5.41, 5.74) is 1.85. The van der Waals surface area contributed by atoms with Gasteiger partial charge in [-0.25, -0.2) is 0 Å². The molecule has 244 valence electrons. The Labute approximate surface area is 272 Å². The van der Waals surface area contributed by atoms with Gasteiger partial charge < -0.3 is 23.8 Å². The van der Waals surface area contributed by atoms with E-state index in [2.05, 4.69) is 15.4 Å². The Kier molecular flexibility index (Phi) is 8.43. The van der Waals surface area contributed by atoms with Crippen LogP contribution in [0, 0.1) is 5.41 Å². The summed E-state index contributed by atoms with van der Waals surface area (Å²) < 4.78 is 23.1. The zero-order valence-electron chi connectivity index (χ0n) is 27.1. The lowest BCUT2D eigenvalue weighted by atomic mass is 9.82. The molecule has 1 saturated heterocycles. The van der Waals surface area contributed by atoms with E-state index >= 15 is 0 Å². The number of fused-ring (bicyclic) bond motifs is 1. The maximum absolute atomic E-state index is 13.7. The second-order valence-electron chi connectivity index (χ2n) is 12.8. The maximum Gasteiger partial charge on any atom is 0.313 e. The van der Waals surface area contributed by atoms with Crippen LogP contribution in [0.25, 0.3) is 22.5 Å². The minimum absolute atomic E-state index is 0.0506. The Hall–Kier alpha value is -5.26. The number of esters is 1. The minimum atomic E-state index is -0.701. The van der Waals surface area contributed by atoms with Crippen molar-refractivity contribution in [2.45, 2.75) is 52.4 Å². The Balaban J connectivity index is 1.13. The third kappa shape index (κ3) is 6.40. The van der Waals surface area contributed by atoms with Crippen LogP contribution in [0.1, 0.15) is 60.7 Å². The molecule has 2 aliphatic heterocycles. The van der Waals surface area contributed by atoms with Crippen LogP contribution in [-0.4, -0.2) is 75.7 Å². The van der Waals surface area contributed by atoms with Crippen LogP contribution in [0.2, 0.25) is 0 Å². The number of benzene rings is 3. The molecule has 47 heavy (non-hydrogen) atoms. The van der Waals surface area contributed by atoms with E-state index in [0.717, 1.165) is 11.1 Å². The highest BCUT2D eigenvalue weighted by atomic mass is 16.5. The van der Waals surface area contributed by atoms with Gasteiger partial charge in [-0.15, -0.1) is 15.0 Å². The van der Waals surface area contributed by atoms with Crippen molar-refractivity contribution in [2.24, 2.45) is 5.41 Å². The Morgan fingerprint density at radius 1 is 0.936 bits per heavy atom. The molecule has 1 fully saturated rings. The molecule has 0 atom stereocenters. The van der Waals surface area contributed by atoms with E-state index in [9.17, 15) is 14.4 Å². The van der Waals surface area contributed by atoms with Gasteiger partial charge in [-0.3, -0.25) is 14.4 Å². The Morgan fingerprint density at radius 2 is 1.62 bits per heavy atom. The van der Waals surface area contributed by atoms with E-state index in [-0.39, 0.29) is 30.8 Å². The number of likely N-dealkylation sites (tertiary alicyclic amines) is 1. The first-order valence-corrected chi connectivity index (χ1v) is 15.4. The van der Waals surface area contributed by atoms with Crippen LogP contribution < -0.4 is 14.2 Å². The van der Waals surface area contributed by atoms with E-state index in [4.69, 9.17) is 18.9 Å². The number of aromatic nitrogens is 4. The number of tetrazole rings is 1. The highest BCUT2D eigenvalue weighted by Gasteiger charge is 2.44. The molecule has 6 rings (SSSR count). The highest BCUT2D eigenvalue weighted by molar-refractivity contribution is 6.01. The fourth-order valence-electron chi connectivity index (χ4n) is 5.88. The van der Waals surface area contributed by atoms with Crippen molar-refractivity contribution in [3.63, 3.8) is 0 Å². The molecule has 0 N–H and O–H groups in total. The normalized spacial score (nSPS) is 15.5. The molecule has 3 aromatic carbocycles. The fourth-order valence-corrected chi connectivity index (χ4v) is 5.88. The molecule has 1 aromatic heterocycles. The second-order valence-corrected chi connectivity index (χ2v) is 12.8. The number of nitrogens with zero attached hydrogens (tertiary/aromatic N) is 5. The number of hydrogen-bond donors (Lipinski definition) is 0. The van der Waals surface area contributed by atoms with Crippen LogP contribution in [0.15, 0.2) is 60.7 Å². The van der Waals surface area contributed by atoms with Crippen molar-refractivity contribution in [1.82, 2.24) is 25.1 Å². The molecule has 3 heterocycles. The van der Waals surface area contributed by atoms with E-state index in [1.54, 1.807) is 70.2 Å². The van der Waals surface area contributed by atoms with Gasteiger partial charge >= 0.3 is 5.97 Å². The fraction of sp³-hybridized carbons (Fsp3) is 0.371. The summed E-state index contributed by atoms with van der Waals surface area (Å²) in [6.07, 6.45) is 1.21. The number of ether oxygens (including phenoxy) is 4. The molecular formula is C35H37N5O7. The number of Topliss-reactive ketones (excluding diaryl/α,β-unsaturated/α-hetero) is 1. The average molecular weight is 640 g/mol. The van der Waals surface area contributed by atoms with E-state index < -0.39 is 11.0 Å². The van der Waals surface area contributed by atoms with Crippen LogP contribution >= 0.6 is 0 Å². The van der Waals surface area contributed by atoms with E-state index in [1.807, 2.05) is 30.3 Å². The van der Waals surface area contributed by atoms with Crippen LogP contribution in [0.5, 0.6) is 17.2 Å². The molecule has 0 unspecified atom stereocenters. The number of rotatable bonds is 7. The molecule has 1 spiro atoms. The molecule has 12 heteroatoms. The zero-order valence-corrected chi connectivity index (χ0v) is 27.1. The van der Waals surface area contributed by atoms with Gasteiger partial charge in [0.1, 0.15) is 22.8 Å². The minimum Gasteiger partial charge on any atom is -0.496 e. The summed E-state index contributed by atoms with van der Waals surface area (Å²) in [5.74, 6) is 1.31. The molecular weight excluding hydrogens is 602 g/mol. The molecule has 0 bridgehead atoms. The first kappa shape index (κ1) is 31.7. The van der Waals surface area contributed by atoms with Crippen molar-refractivity contribution < 1.29 is 33.3 Å². The summed E-state index contributed by atoms with van der Waals surface area (Å²) >= 11 is 0. The summed E-state index contributed by atoms with van der Waals surface area (Å²) in [7, 11) is 3.15. The molecule has 1 amide bonds. The lowest BCUT2D eigenvalue weighted by Gasteiger charge is -2.44. The highest BCUT2D eigenvalue weighted by Crippen LogP contribution is 2.42. The SMILES string of the molecule is COc1cc(C(=O)N2CCC3(CC2)CC(=O)c2cc(-c4nnn(COC(=O)C(C)(C)C)n4)ccc2O3)cc(OC)c1-c1ccccc1. The lowest BCUT2D eigenvalue weighted by Crippen LogP contribution is -2.52. The number of hydrogen-bond acceptors (Lipinski definition) is 10. The summed E-state index contributed by atoms with van der Waals surface area (Å²) in [5, 5.41) is 12.3. The van der Waals surface area contributed by atoms with Crippen molar-refractivity contribution in [3.8, 4) is 39.8 Å². The maximum atomic E-state index is 13.7. The number of ketones is 1. The third-order valence-corrected chi connectivity index (χ3v) is 8.50. The van der Waals surface area contributed by atoms with Crippen molar-refractivity contribution in [3.05, 3.63) is 71.8 Å². The molecule has 0 radical (unpaired) electrons. The number of piperidine rings is 1. The molecule has 0 aliphatic carbocycles. The Morgan fingerprint density at radius 3 is 2.26 bits per heavy atom. The van der Waals surface area contributed by atoms with Crippen LogP contribution in [-0.2, 0) is 16.3 Å².